The molecule has 1 aromatic heterocycles. The van der Waals surface area contributed by atoms with E-state index in [2.05, 4.69) is 15.0 Å². The molecule has 248 valence electrons. The van der Waals surface area contributed by atoms with E-state index in [4.69, 9.17) is 9.15 Å². The molecule has 2 N–H and O–H groups in total. The highest BCUT2D eigenvalue weighted by atomic mass is 32.2. The molecule has 10 nitrogen and oxygen atoms in total. The third-order valence-corrected chi connectivity index (χ3v) is 7.50. The monoisotopic (exact) mass is 652 g/mol. The van der Waals surface area contributed by atoms with Crippen LogP contribution in [0.4, 0.5) is 0 Å². The average Bonchev–Trinajstić information content (AvgIpc) is 3.53. The maximum atomic E-state index is 13.2. The average molecular weight is 653 g/mol. The molecule has 0 saturated heterocycles. The Morgan fingerprint density at radius 1 is 0.978 bits per heavy atom. The first-order chi connectivity index (χ1) is 22.0. The minimum absolute atomic E-state index is 0.197. The molecular formula is C35H44N2O8S. The third kappa shape index (κ3) is 12.2. The van der Waals surface area contributed by atoms with Gasteiger partial charge in [0.1, 0.15) is 22.5 Å². The second-order valence-electron chi connectivity index (χ2n) is 10.0. The molecule has 0 bridgehead atoms. The van der Waals surface area contributed by atoms with Gasteiger partial charge in [-0.1, -0.05) is 62.4 Å². The zero-order valence-corrected chi connectivity index (χ0v) is 28.1. The third-order valence-electron chi connectivity index (χ3n) is 6.52. The van der Waals surface area contributed by atoms with Crippen molar-refractivity contribution in [1.82, 2.24) is 10.3 Å². The van der Waals surface area contributed by atoms with Crippen LogP contribution in [0, 0.1) is 6.92 Å². The number of carboxylic acid groups (broad SMARTS) is 1. The van der Waals surface area contributed by atoms with Gasteiger partial charge in [-0.05, 0) is 66.8 Å². The molecule has 0 saturated carbocycles. The number of sulfone groups is 1. The van der Waals surface area contributed by atoms with Crippen LogP contribution in [0.2, 0.25) is 0 Å². The van der Waals surface area contributed by atoms with Crippen LogP contribution in [0.3, 0.4) is 0 Å². The van der Waals surface area contributed by atoms with E-state index in [-0.39, 0.29) is 31.0 Å². The van der Waals surface area contributed by atoms with Gasteiger partial charge in [0.2, 0.25) is 5.89 Å². The molecule has 1 heterocycles. The van der Waals surface area contributed by atoms with Crippen LogP contribution in [0.25, 0.3) is 22.6 Å². The number of methoxy groups -OCH3 is 1. The number of amides is 1. The number of nitrogens with one attached hydrogen (secondary N) is 1. The van der Waals surface area contributed by atoms with Gasteiger partial charge in [-0.3, -0.25) is 4.79 Å². The Morgan fingerprint density at radius 2 is 1.63 bits per heavy atom. The normalized spacial score (nSPS) is 11.3. The van der Waals surface area contributed by atoms with E-state index in [1.54, 1.807) is 25.4 Å². The lowest BCUT2D eigenvalue weighted by atomic mass is 9.93. The summed E-state index contributed by atoms with van der Waals surface area (Å²) < 4.78 is 39.3. The smallest absolute Gasteiger partial charge is 0.326 e. The number of carbonyl (C=O) groups excluding carboxylic acids is 1. The molecule has 0 spiro atoms. The number of carboxylic acids is 1. The van der Waals surface area contributed by atoms with Gasteiger partial charge in [0.05, 0.1) is 18.6 Å². The van der Waals surface area contributed by atoms with Gasteiger partial charge < -0.3 is 24.3 Å². The van der Waals surface area contributed by atoms with Crippen LogP contribution in [-0.4, -0.2) is 62.2 Å². The number of rotatable bonds is 13. The van der Waals surface area contributed by atoms with Crippen molar-refractivity contribution in [3.8, 4) is 22.6 Å². The van der Waals surface area contributed by atoms with E-state index in [0.29, 0.717) is 17.2 Å². The molecular weight excluding hydrogens is 608 g/mol. The second kappa shape index (κ2) is 19.3. The zero-order chi connectivity index (χ0) is 34.1. The standard InChI is InChI=1S/C30H30N2O7S.C3H8O.C2H6/c1-20-8-6-7-11-24(20)26-16-21(18-38-19-23-17-31-29(39-23)22-9-4-3-5-10-22)12-13-25(26)28(33)32-27(30(34)35)14-15-40(2,36)37;1-3-4-2;1-2/h3-13,16-17,27H,14-15,18-19H2,1-2H3,(H,32,33)(H,34,35);3H2,1-2H3;1-2H3. The highest BCUT2D eigenvalue weighted by molar-refractivity contribution is 7.90. The summed E-state index contributed by atoms with van der Waals surface area (Å²) in [5, 5.41) is 12.0. The van der Waals surface area contributed by atoms with Crippen molar-refractivity contribution in [2.75, 3.05) is 25.7 Å². The summed E-state index contributed by atoms with van der Waals surface area (Å²) in [5.74, 6) is -1.19. The molecule has 46 heavy (non-hydrogen) atoms. The summed E-state index contributed by atoms with van der Waals surface area (Å²) >= 11 is 0. The minimum Gasteiger partial charge on any atom is -0.480 e. The van der Waals surface area contributed by atoms with E-state index >= 15 is 0 Å². The van der Waals surface area contributed by atoms with Gasteiger partial charge >= 0.3 is 5.97 Å². The summed E-state index contributed by atoms with van der Waals surface area (Å²) in [4.78, 5) is 29.3. The Bertz CT molecular complexity index is 1630. The number of hydrogen-bond donors (Lipinski definition) is 2. The first-order valence-electron chi connectivity index (χ1n) is 15.0. The Morgan fingerprint density at radius 3 is 2.24 bits per heavy atom. The summed E-state index contributed by atoms with van der Waals surface area (Å²) in [7, 11) is -1.72. The molecule has 0 aliphatic rings. The number of carbonyl (C=O) groups is 2. The van der Waals surface area contributed by atoms with Crippen molar-refractivity contribution < 1.29 is 37.0 Å². The molecule has 0 fully saturated rings. The number of nitrogens with zero attached hydrogens (tertiary/aromatic N) is 1. The second-order valence-corrected chi connectivity index (χ2v) is 12.3. The number of oxazole rings is 1. The summed E-state index contributed by atoms with van der Waals surface area (Å²) in [6.45, 7) is 9.12. The molecule has 1 atom stereocenters. The zero-order valence-electron chi connectivity index (χ0n) is 27.3. The van der Waals surface area contributed by atoms with Crippen LogP contribution in [0.1, 0.15) is 54.4 Å². The molecule has 0 aliphatic carbocycles. The van der Waals surface area contributed by atoms with E-state index in [1.165, 1.54) is 0 Å². The molecule has 11 heteroatoms. The van der Waals surface area contributed by atoms with Crippen LogP contribution in [0.15, 0.2) is 83.4 Å². The quantitative estimate of drug-likeness (QED) is 0.169. The van der Waals surface area contributed by atoms with Crippen molar-refractivity contribution in [3.63, 3.8) is 0 Å². The lowest BCUT2D eigenvalue weighted by Gasteiger charge is -2.17. The molecule has 0 radical (unpaired) electrons. The van der Waals surface area contributed by atoms with Gasteiger partial charge in [0, 0.05) is 31.1 Å². The summed E-state index contributed by atoms with van der Waals surface area (Å²) in [6.07, 6.45) is 2.41. The number of aliphatic carboxylic acids is 1. The highest BCUT2D eigenvalue weighted by Crippen LogP contribution is 2.29. The van der Waals surface area contributed by atoms with E-state index in [1.807, 2.05) is 88.4 Å². The number of benzene rings is 3. The molecule has 1 unspecified atom stereocenters. The van der Waals surface area contributed by atoms with Gasteiger partial charge in [0.15, 0.2) is 5.76 Å². The van der Waals surface area contributed by atoms with E-state index in [0.717, 1.165) is 35.1 Å². The number of ether oxygens (including phenoxy) is 2. The van der Waals surface area contributed by atoms with Crippen LogP contribution in [-0.2, 0) is 37.3 Å². The predicted octanol–water partition coefficient (Wildman–Crippen LogP) is 6.33. The minimum atomic E-state index is -3.40. The van der Waals surface area contributed by atoms with Crippen molar-refractivity contribution in [3.05, 3.63) is 101 Å². The van der Waals surface area contributed by atoms with Crippen molar-refractivity contribution in [1.29, 1.82) is 0 Å². The lowest BCUT2D eigenvalue weighted by molar-refractivity contribution is -0.139. The fraction of sp³-hybridized carbons (Fsp3) is 0.343. The van der Waals surface area contributed by atoms with Crippen LogP contribution >= 0.6 is 0 Å². The Hall–Kier alpha value is -4.32. The highest BCUT2D eigenvalue weighted by Gasteiger charge is 2.24. The van der Waals surface area contributed by atoms with Gasteiger partial charge in [-0.25, -0.2) is 18.2 Å². The molecule has 3 aromatic carbocycles. The van der Waals surface area contributed by atoms with Crippen molar-refractivity contribution in [2.45, 2.75) is 53.4 Å². The number of aromatic nitrogens is 1. The predicted molar refractivity (Wildman–Crippen MR) is 179 cm³/mol. The first kappa shape index (κ1) is 37.9. The largest absolute Gasteiger partial charge is 0.480 e. The van der Waals surface area contributed by atoms with Crippen LogP contribution < -0.4 is 5.32 Å². The molecule has 0 aliphatic heterocycles. The van der Waals surface area contributed by atoms with E-state index < -0.39 is 27.8 Å². The molecule has 4 rings (SSSR count). The van der Waals surface area contributed by atoms with Crippen molar-refractivity contribution >= 4 is 21.7 Å². The van der Waals surface area contributed by atoms with Crippen molar-refractivity contribution in [2.24, 2.45) is 0 Å². The van der Waals surface area contributed by atoms with Gasteiger partial charge in [-0.15, -0.1) is 0 Å². The van der Waals surface area contributed by atoms with Gasteiger partial charge in [0.25, 0.3) is 5.91 Å². The Balaban J connectivity index is 0.00000114. The fourth-order valence-corrected chi connectivity index (χ4v) is 4.82. The lowest BCUT2D eigenvalue weighted by Crippen LogP contribution is -2.42. The van der Waals surface area contributed by atoms with Crippen LogP contribution in [0.5, 0.6) is 0 Å². The SMILES string of the molecule is CC.CCOC.Cc1ccccc1-c1cc(COCc2cnc(-c3ccccc3)o2)ccc1C(=O)NC(CCS(C)(=O)=O)C(=O)O. The molecule has 1 amide bonds. The van der Waals surface area contributed by atoms with E-state index in [9.17, 15) is 23.1 Å². The topological polar surface area (TPSA) is 145 Å². The fourth-order valence-electron chi connectivity index (χ4n) is 4.16. The molecule has 4 aromatic rings. The number of aryl methyl sites for hydroxylation is 1. The Kier molecular flexibility index (Phi) is 15.8. The maximum Gasteiger partial charge on any atom is 0.326 e. The first-order valence-corrected chi connectivity index (χ1v) is 17.1. The summed E-state index contributed by atoms with van der Waals surface area (Å²) in [5.41, 5.74) is 4.27. The van der Waals surface area contributed by atoms with Gasteiger partial charge in [-0.2, -0.15) is 0 Å². The summed E-state index contributed by atoms with van der Waals surface area (Å²) in [6, 6.07) is 20.9. The Labute approximate surface area is 271 Å². The maximum absolute atomic E-state index is 13.2. The number of hydrogen-bond acceptors (Lipinski definition) is 8.